The second-order valence-corrected chi connectivity index (χ2v) is 8.83. The van der Waals surface area contributed by atoms with Gasteiger partial charge in [0.25, 0.3) is 0 Å². The molecule has 2 atom stereocenters. The average molecular weight is 411 g/mol. The molecule has 1 amide bonds. The molecule has 0 unspecified atom stereocenters. The molecule has 0 bridgehead atoms. The Balaban J connectivity index is 1.85. The molecule has 2 aromatic rings. The fourth-order valence-electron chi connectivity index (χ4n) is 3.73. The molecule has 1 aliphatic heterocycles. The lowest BCUT2D eigenvalue weighted by Gasteiger charge is -2.36. The van der Waals surface area contributed by atoms with E-state index in [4.69, 9.17) is 9.47 Å². The topological polar surface area (TPSA) is 76.1 Å². The molecule has 3 rings (SSSR count). The van der Waals surface area contributed by atoms with Gasteiger partial charge in [0.15, 0.2) is 0 Å². The van der Waals surface area contributed by atoms with Crippen molar-refractivity contribution in [2.75, 3.05) is 0 Å². The van der Waals surface area contributed by atoms with Crippen LogP contribution in [0.2, 0.25) is 0 Å². The number of rotatable bonds is 5. The third-order valence-electron chi connectivity index (χ3n) is 5.29. The molecule has 6 heteroatoms. The molecule has 0 saturated carbocycles. The van der Waals surface area contributed by atoms with Crippen molar-refractivity contribution in [3.8, 4) is 5.75 Å². The SMILES string of the molecule is CC(C)(C)OC(=O)N1[C@@H](c2cccc(OCc3ccccc3)c2)CC[C@@]1(C)C(=O)O. The number of likely N-dealkylation sites (tertiary alicyclic amines) is 1. The van der Waals surface area contributed by atoms with E-state index in [0.717, 1.165) is 11.1 Å². The highest BCUT2D eigenvalue weighted by Gasteiger charge is 2.52. The first kappa shape index (κ1) is 21.7. The Hall–Kier alpha value is -3.02. The van der Waals surface area contributed by atoms with Gasteiger partial charge in [-0.25, -0.2) is 9.59 Å². The molecule has 6 nitrogen and oxygen atoms in total. The van der Waals surface area contributed by atoms with Gasteiger partial charge in [-0.1, -0.05) is 42.5 Å². The number of nitrogens with zero attached hydrogens (tertiary/aromatic N) is 1. The van der Waals surface area contributed by atoms with Crippen molar-refractivity contribution in [2.24, 2.45) is 0 Å². The minimum Gasteiger partial charge on any atom is -0.489 e. The van der Waals surface area contributed by atoms with E-state index in [1.807, 2.05) is 54.6 Å². The van der Waals surface area contributed by atoms with Crippen molar-refractivity contribution < 1.29 is 24.2 Å². The van der Waals surface area contributed by atoms with Crippen LogP contribution in [0.3, 0.4) is 0 Å². The second-order valence-electron chi connectivity index (χ2n) is 8.83. The zero-order valence-corrected chi connectivity index (χ0v) is 17.9. The smallest absolute Gasteiger partial charge is 0.411 e. The van der Waals surface area contributed by atoms with Gasteiger partial charge in [0.2, 0.25) is 0 Å². The molecule has 2 aromatic carbocycles. The maximum Gasteiger partial charge on any atom is 0.411 e. The molecule has 30 heavy (non-hydrogen) atoms. The van der Waals surface area contributed by atoms with E-state index >= 15 is 0 Å². The summed E-state index contributed by atoms with van der Waals surface area (Å²) in [4.78, 5) is 26.4. The van der Waals surface area contributed by atoms with Gasteiger partial charge < -0.3 is 14.6 Å². The summed E-state index contributed by atoms with van der Waals surface area (Å²) >= 11 is 0. The highest BCUT2D eigenvalue weighted by atomic mass is 16.6. The summed E-state index contributed by atoms with van der Waals surface area (Å²) in [6.45, 7) is 7.32. The van der Waals surface area contributed by atoms with Crippen molar-refractivity contribution in [2.45, 2.75) is 64.3 Å². The third kappa shape index (κ3) is 4.75. The van der Waals surface area contributed by atoms with Crippen LogP contribution in [0.15, 0.2) is 54.6 Å². The molecule has 1 aliphatic rings. The first-order chi connectivity index (χ1) is 14.1. The fraction of sp³-hybridized carbons (Fsp3) is 0.417. The van der Waals surface area contributed by atoms with Crippen LogP contribution in [0.1, 0.15) is 57.7 Å². The number of hydrogen-bond donors (Lipinski definition) is 1. The number of carbonyl (C=O) groups is 2. The van der Waals surface area contributed by atoms with Gasteiger partial charge in [-0.2, -0.15) is 0 Å². The van der Waals surface area contributed by atoms with Crippen molar-refractivity contribution in [1.82, 2.24) is 4.90 Å². The summed E-state index contributed by atoms with van der Waals surface area (Å²) in [6.07, 6.45) is 0.261. The van der Waals surface area contributed by atoms with Crippen molar-refractivity contribution in [3.63, 3.8) is 0 Å². The summed E-state index contributed by atoms with van der Waals surface area (Å²) in [5, 5.41) is 9.85. The molecule has 0 spiro atoms. The number of carbonyl (C=O) groups excluding carboxylic acids is 1. The number of amides is 1. The lowest BCUT2D eigenvalue weighted by Crippen LogP contribution is -2.52. The lowest BCUT2D eigenvalue weighted by atomic mass is 9.99. The van der Waals surface area contributed by atoms with Gasteiger partial charge in [-0.3, -0.25) is 4.90 Å². The van der Waals surface area contributed by atoms with Crippen LogP contribution < -0.4 is 4.74 Å². The zero-order chi connectivity index (χ0) is 21.9. The van der Waals surface area contributed by atoms with Crippen LogP contribution in [-0.4, -0.2) is 33.2 Å². The zero-order valence-electron chi connectivity index (χ0n) is 17.9. The predicted molar refractivity (Wildman–Crippen MR) is 113 cm³/mol. The predicted octanol–water partition coefficient (Wildman–Crippen LogP) is 5.18. The Morgan fingerprint density at radius 1 is 1.13 bits per heavy atom. The highest BCUT2D eigenvalue weighted by molar-refractivity contribution is 5.85. The number of ether oxygens (including phenoxy) is 2. The standard InChI is InChI=1S/C24H29NO5/c1-23(2,3)30-22(28)25-20(13-14-24(25,4)21(26)27)18-11-8-12-19(15-18)29-16-17-9-6-5-7-10-17/h5-12,15,20H,13-14,16H2,1-4H3,(H,26,27)/t20-,24+/m1/s1. The second kappa shape index (κ2) is 8.38. The number of carboxylic acid groups (broad SMARTS) is 1. The summed E-state index contributed by atoms with van der Waals surface area (Å²) < 4.78 is 11.5. The van der Waals surface area contributed by atoms with Crippen LogP contribution in [0.25, 0.3) is 0 Å². The van der Waals surface area contributed by atoms with E-state index in [-0.39, 0.29) is 0 Å². The molecule has 0 aliphatic carbocycles. The molecule has 160 valence electrons. The summed E-state index contributed by atoms with van der Waals surface area (Å²) in [6, 6.07) is 16.9. The van der Waals surface area contributed by atoms with Gasteiger partial charge in [0.05, 0.1) is 6.04 Å². The number of carboxylic acids is 1. The van der Waals surface area contributed by atoms with E-state index in [1.54, 1.807) is 27.7 Å². The first-order valence-electron chi connectivity index (χ1n) is 10.1. The molecule has 0 aromatic heterocycles. The van der Waals surface area contributed by atoms with E-state index in [9.17, 15) is 14.7 Å². The Morgan fingerprint density at radius 3 is 2.47 bits per heavy atom. The van der Waals surface area contributed by atoms with E-state index in [1.165, 1.54) is 4.90 Å². The van der Waals surface area contributed by atoms with Crippen LogP contribution in [0.5, 0.6) is 5.75 Å². The average Bonchev–Trinajstić information content (AvgIpc) is 3.05. The number of aliphatic carboxylic acids is 1. The van der Waals surface area contributed by atoms with Gasteiger partial charge >= 0.3 is 12.1 Å². The maximum absolute atomic E-state index is 13.0. The number of hydrogen-bond acceptors (Lipinski definition) is 4. The van der Waals surface area contributed by atoms with E-state index in [2.05, 4.69) is 0 Å². The van der Waals surface area contributed by atoms with E-state index in [0.29, 0.717) is 25.2 Å². The Kier molecular flexibility index (Phi) is 6.06. The number of benzene rings is 2. The summed E-state index contributed by atoms with van der Waals surface area (Å²) in [7, 11) is 0. The molecule has 1 saturated heterocycles. The molecule has 1 N–H and O–H groups in total. The third-order valence-corrected chi connectivity index (χ3v) is 5.29. The Labute approximate surface area is 177 Å². The van der Waals surface area contributed by atoms with Gasteiger partial charge in [-0.05, 0) is 63.8 Å². The van der Waals surface area contributed by atoms with E-state index < -0.39 is 29.2 Å². The monoisotopic (exact) mass is 411 g/mol. The van der Waals surface area contributed by atoms with Crippen LogP contribution in [-0.2, 0) is 16.1 Å². The fourth-order valence-corrected chi connectivity index (χ4v) is 3.73. The Bertz CT molecular complexity index is 905. The van der Waals surface area contributed by atoms with Crippen molar-refractivity contribution >= 4 is 12.1 Å². The highest BCUT2D eigenvalue weighted by Crippen LogP contribution is 2.44. The van der Waals surface area contributed by atoms with Gasteiger partial charge in [-0.15, -0.1) is 0 Å². The van der Waals surface area contributed by atoms with Crippen LogP contribution >= 0.6 is 0 Å². The quantitative estimate of drug-likeness (QED) is 0.734. The van der Waals surface area contributed by atoms with Gasteiger partial charge in [0, 0.05) is 0 Å². The summed E-state index contributed by atoms with van der Waals surface area (Å²) in [5.41, 5.74) is -0.160. The minimum absolute atomic E-state index is 0.349. The largest absolute Gasteiger partial charge is 0.489 e. The molecular formula is C24H29NO5. The summed E-state index contributed by atoms with van der Waals surface area (Å²) in [5.74, 6) is -0.364. The lowest BCUT2D eigenvalue weighted by molar-refractivity contribution is -0.149. The van der Waals surface area contributed by atoms with Crippen LogP contribution in [0.4, 0.5) is 4.79 Å². The van der Waals surface area contributed by atoms with Crippen molar-refractivity contribution in [1.29, 1.82) is 0 Å². The van der Waals surface area contributed by atoms with Crippen LogP contribution in [0, 0.1) is 0 Å². The molecule has 0 radical (unpaired) electrons. The molecule has 1 fully saturated rings. The minimum atomic E-state index is -1.33. The maximum atomic E-state index is 13.0. The normalized spacial score (nSPS) is 21.3. The Morgan fingerprint density at radius 2 is 1.83 bits per heavy atom. The first-order valence-corrected chi connectivity index (χ1v) is 10.1. The van der Waals surface area contributed by atoms with Gasteiger partial charge in [0.1, 0.15) is 23.5 Å². The molecular weight excluding hydrogens is 382 g/mol. The van der Waals surface area contributed by atoms with Crippen molar-refractivity contribution in [3.05, 3.63) is 65.7 Å². The molecule has 1 heterocycles.